The van der Waals surface area contributed by atoms with Crippen LogP contribution < -0.4 is 5.32 Å². The molecule has 0 aliphatic heterocycles. The number of aryl methyl sites for hydroxylation is 1. The van der Waals surface area contributed by atoms with Crippen molar-refractivity contribution in [2.45, 2.75) is 58.1 Å². The summed E-state index contributed by atoms with van der Waals surface area (Å²) in [6.07, 6.45) is 2.62. The second kappa shape index (κ2) is 9.63. The van der Waals surface area contributed by atoms with Gasteiger partial charge in [-0.2, -0.15) is 0 Å². The summed E-state index contributed by atoms with van der Waals surface area (Å²) in [5, 5.41) is 5.54. The molecule has 0 radical (unpaired) electrons. The number of para-hydroxylation sites is 1. The number of ether oxygens (including phenoxy) is 1. The summed E-state index contributed by atoms with van der Waals surface area (Å²) in [7, 11) is 0. The molecule has 1 atom stereocenters. The average molecular weight is 469 g/mol. The Morgan fingerprint density at radius 1 is 1.31 bits per heavy atom. The first-order valence-electron chi connectivity index (χ1n) is 11.0. The highest BCUT2D eigenvalue weighted by molar-refractivity contribution is 7.99. The van der Waals surface area contributed by atoms with Crippen LogP contribution in [-0.4, -0.2) is 28.7 Å². The molecule has 2 aromatic heterocycles. The Balaban J connectivity index is 1.51. The van der Waals surface area contributed by atoms with E-state index in [0.29, 0.717) is 16.5 Å². The summed E-state index contributed by atoms with van der Waals surface area (Å²) in [6.45, 7) is 7.96. The lowest BCUT2D eigenvalue weighted by atomic mass is 9.88. The highest BCUT2D eigenvalue weighted by Gasteiger charge is 2.29. The first-order valence-corrected chi connectivity index (χ1v) is 12.8. The van der Waals surface area contributed by atoms with Crippen molar-refractivity contribution in [2.24, 2.45) is 5.92 Å². The van der Waals surface area contributed by atoms with Crippen LogP contribution in [0.5, 0.6) is 0 Å². The Hall–Kier alpha value is -2.38. The lowest BCUT2D eigenvalue weighted by Gasteiger charge is -2.18. The van der Waals surface area contributed by atoms with Crippen molar-refractivity contribution in [1.29, 1.82) is 0 Å². The zero-order valence-electron chi connectivity index (χ0n) is 18.9. The molecule has 1 unspecified atom stereocenters. The van der Waals surface area contributed by atoms with Gasteiger partial charge in [0.15, 0.2) is 0 Å². The van der Waals surface area contributed by atoms with E-state index in [1.807, 2.05) is 38.1 Å². The molecule has 0 fully saturated rings. The molecule has 5 nitrogen and oxygen atoms in total. The number of carbonyl (C=O) groups excluding carboxylic acids is 2. The summed E-state index contributed by atoms with van der Waals surface area (Å²) in [5.74, 6) is 0.314. The number of amides is 1. The van der Waals surface area contributed by atoms with E-state index >= 15 is 0 Å². The molecule has 1 amide bonds. The number of nitrogens with zero attached hydrogens (tertiary/aromatic N) is 1. The third-order valence-corrected chi connectivity index (χ3v) is 7.64. The lowest BCUT2D eigenvalue weighted by Crippen LogP contribution is -2.19. The van der Waals surface area contributed by atoms with Crippen molar-refractivity contribution in [3.8, 4) is 0 Å². The first-order chi connectivity index (χ1) is 15.3. The Kier molecular flexibility index (Phi) is 6.86. The number of thioether (sulfide) groups is 1. The molecule has 0 spiro atoms. The summed E-state index contributed by atoms with van der Waals surface area (Å²) < 4.78 is 5.49. The monoisotopic (exact) mass is 468 g/mol. The van der Waals surface area contributed by atoms with E-state index in [-0.39, 0.29) is 23.7 Å². The van der Waals surface area contributed by atoms with E-state index in [2.05, 4.69) is 30.2 Å². The maximum atomic E-state index is 12.8. The number of anilines is 1. The van der Waals surface area contributed by atoms with E-state index in [0.717, 1.165) is 46.3 Å². The van der Waals surface area contributed by atoms with Crippen LogP contribution in [0.4, 0.5) is 5.00 Å². The summed E-state index contributed by atoms with van der Waals surface area (Å²) >= 11 is 2.92. The summed E-state index contributed by atoms with van der Waals surface area (Å²) in [5.41, 5.74) is 3.66. The zero-order chi connectivity index (χ0) is 22.8. The van der Waals surface area contributed by atoms with Gasteiger partial charge in [-0.1, -0.05) is 36.9 Å². The van der Waals surface area contributed by atoms with Crippen LogP contribution in [-0.2, 0) is 22.4 Å². The number of benzene rings is 1. The molecule has 1 N–H and O–H groups in total. The van der Waals surface area contributed by atoms with Gasteiger partial charge >= 0.3 is 5.97 Å². The molecule has 32 heavy (non-hydrogen) atoms. The Morgan fingerprint density at radius 3 is 2.88 bits per heavy atom. The molecule has 1 aliphatic rings. The van der Waals surface area contributed by atoms with Crippen LogP contribution in [0.2, 0.25) is 0 Å². The third kappa shape index (κ3) is 4.99. The van der Waals surface area contributed by atoms with Gasteiger partial charge in [0.25, 0.3) is 0 Å². The van der Waals surface area contributed by atoms with Crippen molar-refractivity contribution in [3.63, 3.8) is 0 Å². The molecular weight excluding hydrogens is 440 g/mol. The summed E-state index contributed by atoms with van der Waals surface area (Å²) in [4.78, 5) is 31.5. The van der Waals surface area contributed by atoms with Crippen molar-refractivity contribution in [1.82, 2.24) is 4.98 Å². The topological polar surface area (TPSA) is 68.3 Å². The Labute approximate surface area is 197 Å². The number of aromatic nitrogens is 1. The number of hydrogen-bond acceptors (Lipinski definition) is 6. The molecule has 0 bridgehead atoms. The van der Waals surface area contributed by atoms with E-state index in [4.69, 9.17) is 4.74 Å². The molecule has 0 saturated carbocycles. The number of thiophene rings is 1. The van der Waals surface area contributed by atoms with Gasteiger partial charge in [-0.3, -0.25) is 4.79 Å². The normalized spacial score (nSPS) is 15.6. The fourth-order valence-electron chi connectivity index (χ4n) is 4.02. The average Bonchev–Trinajstić information content (AvgIpc) is 3.08. The van der Waals surface area contributed by atoms with Crippen molar-refractivity contribution in [3.05, 3.63) is 51.9 Å². The number of rotatable bonds is 6. The Morgan fingerprint density at radius 2 is 2.09 bits per heavy atom. The van der Waals surface area contributed by atoms with Gasteiger partial charge < -0.3 is 10.1 Å². The van der Waals surface area contributed by atoms with Crippen molar-refractivity contribution >= 4 is 50.9 Å². The molecule has 168 valence electrons. The molecule has 0 saturated heterocycles. The van der Waals surface area contributed by atoms with Crippen LogP contribution in [0.25, 0.3) is 10.9 Å². The quantitative estimate of drug-likeness (QED) is 0.354. The fourth-order valence-corrected chi connectivity index (χ4v) is 6.21. The maximum absolute atomic E-state index is 12.8. The van der Waals surface area contributed by atoms with E-state index in [1.54, 1.807) is 0 Å². The number of carbonyl (C=O) groups is 2. The largest absolute Gasteiger partial charge is 0.459 e. The van der Waals surface area contributed by atoms with Gasteiger partial charge in [0.2, 0.25) is 5.91 Å². The maximum Gasteiger partial charge on any atom is 0.341 e. The highest BCUT2D eigenvalue weighted by Crippen LogP contribution is 2.40. The van der Waals surface area contributed by atoms with Gasteiger partial charge in [-0.25, -0.2) is 9.78 Å². The van der Waals surface area contributed by atoms with Crippen LogP contribution >= 0.6 is 23.1 Å². The molecule has 7 heteroatoms. The van der Waals surface area contributed by atoms with Gasteiger partial charge in [0.05, 0.1) is 28.0 Å². The van der Waals surface area contributed by atoms with Crippen LogP contribution in [0.15, 0.2) is 35.4 Å². The molecular formula is C25H28N2O3S2. The zero-order valence-corrected chi connectivity index (χ0v) is 20.5. The van der Waals surface area contributed by atoms with Gasteiger partial charge in [-0.15, -0.1) is 11.3 Å². The minimum atomic E-state index is -0.346. The number of hydrogen-bond donors (Lipinski definition) is 1. The first kappa shape index (κ1) is 22.8. The molecule has 1 aromatic carbocycles. The van der Waals surface area contributed by atoms with Crippen LogP contribution in [0, 0.1) is 12.8 Å². The number of esters is 1. The van der Waals surface area contributed by atoms with E-state index in [1.165, 1.54) is 28.0 Å². The van der Waals surface area contributed by atoms with Crippen LogP contribution in [0.1, 0.15) is 53.6 Å². The minimum absolute atomic E-state index is 0.146. The molecule has 2 heterocycles. The van der Waals surface area contributed by atoms with E-state index < -0.39 is 0 Å². The lowest BCUT2D eigenvalue weighted by molar-refractivity contribution is -0.113. The molecule has 3 aromatic rings. The van der Waals surface area contributed by atoms with E-state index in [9.17, 15) is 9.59 Å². The SMILES string of the molecule is Cc1cc(SCC(=O)Nc2sc3c(c2C(=O)OC(C)C)CCC(C)C3)nc2ccccc12. The van der Waals surface area contributed by atoms with Gasteiger partial charge in [-0.05, 0) is 69.2 Å². The second-order valence-corrected chi connectivity index (χ2v) is 10.7. The van der Waals surface area contributed by atoms with Gasteiger partial charge in [0.1, 0.15) is 5.00 Å². The Bertz CT molecular complexity index is 1170. The predicted octanol–water partition coefficient (Wildman–Crippen LogP) is 6.03. The fraction of sp³-hybridized carbons (Fsp3) is 0.400. The third-order valence-electron chi connectivity index (χ3n) is 5.56. The summed E-state index contributed by atoms with van der Waals surface area (Å²) in [6, 6.07) is 10.0. The van der Waals surface area contributed by atoms with Crippen LogP contribution in [0.3, 0.4) is 0 Å². The number of nitrogens with one attached hydrogen (secondary N) is 1. The van der Waals surface area contributed by atoms with Gasteiger partial charge in [0, 0.05) is 10.3 Å². The molecule has 1 aliphatic carbocycles. The highest BCUT2D eigenvalue weighted by atomic mass is 32.2. The number of pyridine rings is 1. The van der Waals surface area contributed by atoms with Crippen molar-refractivity contribution in [2.75, 3.05) is 11.1 Å². The second-order valence-electron chi connectivity index (χ2n) is 8.64. The minimum Gasteiger partial charge on any atom is -0.459 e. The predicted molar refractivity (Wildman–Crippen MR) is 132 cm³/mol. The smallest absolute Gasteiger partial charge is 0.341 e. The number of fused-ring (bicyclic) bond motifs is 2. The standard InChI is InChI=1S/C25H28N2O3S2/c1-14(2)30-25(29)23-18-10-9-15(3)11-20(18)32-24(23)27-21(28)13-31-22-12-16(4)17-7-5-6-8-19(17)26-22/h5-8,12,14-15H,9-11,13H2,1-4H3,(H,27,28). The van der Waals surface area contributed by atoms with Crippen molar-refractivity contribution < 1.29 is 14.3 Å². The molecule has 4 rings (SSSR count).